The minimum atomic E-state index is -4.04. The van der Waals surface area contributed by atoms with Gasteiger partial charge in [0.15, 0.2) is 0 Å². The van der Waals surface area contributed by atoms with Crippen LogP contribution in [0.15, 0.2) is 40.5 Å². The predicted molar refractivity (Wildman–Crippen MR) is 88.2 cm³/mol. The van der Waals surface area contributed by atoms with Crippen molar-refractivity contribution in [3.05, 3.63) is 36.1 Å². The number of piperidine rings is 1. The van der Waals surface area contributed by atoms with Gasteiger partial charge in [0.25, 0.3) is 0 Å². The van der Waals surface area contributed by atoms with Gasteiger partial charge in [-0.3, -0.25) is 4.90 Å². The third-order valence-corrected chi connectivity index (χ3v) is 5.03. The van der Waals surface area contributed by atoms with E-state index in [0.717, 1.165) is 23.7 Å². The first-order valence-electron chi connectivity index (χ1n) is 7.85. The van der Waals surface area contributed by atoms with E-state index in [9.17, 15) is 13.2 Å². The first-order valence-corrected chi connectivity index (χ1v) is 8.79. The molecule has 23 heavy (non-hydrogen) atoms. The number of hydrogen-bond acceptors (Lipinski definition) is 4. The van der Waals surface area contributed by atoms with E-state index in [4.69, 9.17) is 0 Å². The summed E-state index contributed by atoms with van der Waals surface area (Å²) in [5.41, 5.74) is 1.06. The number of fused-ring (bicyclic) bond motifs is 1. The van der Waals surface area contributed by atoms with E-state index >= 15 is 0 Å². The molecular weight excluding hydrogens is 323 g/mol. The van der Waals surface area contributed by atoms with E-state index in [0.29, 0.717) is 19.6 Å². The number of halogens is 3. The summed E-state index contributed by atoms with van der Waals surface area (Å²) >= 11 is 1.57. The van der Waals surface area contributed by atoms with Crippen LogP contribution in [-0.2, 0) is 0 Å². The Hall–Kier alpha value is -1.21. The molecule has 3 nitrogen and oxygen atoms in total. The lowest BCUT2D eigenvalue weighted by molar-refractivity contribution is -0.184. The van der Waals surface area contributed by atoms with Crippen molar-refractivity contribution in [2.75, 3.05) is 31.9 Å². The summed E-state index contributed by atoms with van der Waals surface area (Å²) in [6, 6.07) is 0. The second kappa shape index (κ2) is 7.13. The van der Waals surface area contributed by atoms with Crippen LogP contribution in [0.4, 0.5) is 13.2 Å². The van der Waals surface area contributed by atoms with Crippen LogP contribution in [0.3, 0.4) is 0 Å². The fourth-order valence-corrected chi connectivity index (χ4v) is 3.70. The lowest BCUT2D eigenvalue weighted by Crippen LogP contribution is -2.39. The molecule has 126 valence electrons. The lowest BCUT2D eigenvalue weighted by atomic mass is 9.96. The van der Waals surface area contributed by atoms with E-state index < -0.39 is 12.1 Å². The summed E-state index contributed by atoms with van der Waals surface area (Å²) < 4.78 is 42.4. The maximum Gasteiger partial charge on any atom is 0.391 e. The Balaban J connectivity index is 1.51. The molecule has 0 unspecified atom stereocenters. The second-order valence-corrected chi connectivity index (χ2v) is 6.77. The average molecular weight is 343 g/mol. The van der Waals surface area contributed by atoms with Crippen LogP contribution in [0, 0.1) is 5.92 Å². The first-order chi connectivity index (χ1) is 11.0. The van der Waals surface area contributed by atoms with Crippen LogP contribution in [-0.4, -0.2) is 53.7 Å². The SMILES string of the molecule is FC(F)(F)C1CCN(CC=CC2=CC=CN3CCSN=C23)CC1. The zero-order valence-electron chi connectivity index (χ0n) is 12.8. The van der Waals surface area contributed by atoms with Gasteiger partial charge in [0.2, 0.25) is 0 Å². The Kier molecular flexibility index (Phi) is 5.16. The Labute approximate surface area is 138 Å². The molecule has 0 spiro atoms. The molecule has 0 bridgehead atoms. The molecule has 7 heteroatoms. The topological polar surface area (TPSA) is 18.8 Å². The van der Waals surface area contributed by atoms with Crippen molar-refractivity contribution in [2.24, 2.45) is 10.3 Å². The summed E-state index contributed by atoms with van der Waals surface area (Å²) in [5.74, 6) is 0.825. The molecule has 0 atom stereocenters. The van der Waals surface area contributed by atoms with Gasteiger partial charge >= 0.3 is 6.18 Å². The van der Waals surface area contributed by atoms with Crippen LogP contribution in [0.25, 0.3) is 0 Å². The van der Waals surface area contributed by atoms with E-state index in [1.54, 1.807) is 11.9 Å². The lowest BCUT2D eigenvalue weighted by Gasteiger charge is -2.32. The van der Waals surface area contributed by atoms with Gasteiger partial charge in [-0.25, -0.2) is 0 Å². The Morgan fingerprint density at radius 1 is 1.26 bits per heavy atom. The Morgan fingerprint density at radius 3 is 2.78 bits per heavy atom. The first kappa shape index (κ1) is 16.6. The fraction of sp³-hybridized carbons (Fsp3) is 0.562. The largest absolute Gasteiger partial charge is 0.391 e. The number of alkyl halides is 3. The number of rotatable bonds is 3. The van der Waals surface area contributed by atoms with E-state index in [1.165, 1.54) is 0 Å². The highest BCUT2D eigenvalue weighted by atomic mass is 32.2. The van der Waals surface area contributed by atoms with Gasteiger partial charge < -0.3 is 4.90 Å². The average Bonchev–Trinajstić information content (AvgIpc) is 2.55. The van der Waals surface area contributed by atoms with Crippen LogP contribution in [0.2, 0.25) is 0 Å². The van der Waals surface area contributed by atoms with Gasteiger partial charge in [-0.2, -0.15) is 17.6 Å². The van der Waals surface area contributed by atoms with E-state index in [-0.39, 0.29) is 12.8 Å². The quantitative estimate of drug-likeness (QED) is 0.729. The molecule has 3 aliphatic heterocycles. The highest BCUT2D eigenvalue weighted by molar-refractivity contribution is 7.98. The van der Waals surface area contributed by atoms with Crippen molar-refractivity contribution >= 4 is 17.8 Å². The molecule has 1 saturated heterocycles. The van der Waals surface area contributed by atoms with Gasteiger partial charge in [0.05, 0.1) is 5.92 Å². The van der Waals surface area contributed by atoms with Crippen LogP contribution < -0.4 is 0 Å². The van der Waals surface area contributed by atoms with Crippen LogP contribution in [0.5, 0.6) is 0 Å². The number of likely N-dealkylation sites (tertiary alicyclic amines) is 1. The zero-order valence-corrected chi connectivity index (χ0v) is 13.6. The summed E-state index contributed by atoms with van der Waals surface area (Å²) in [6.07, 6.45) is 6.48. The molecule has 3 heterocycles. The van der Waals surface area contributed by atoms with Crippen LogP contribution in [0.1, 0.15) is 12.8 Å². The third kappa shape index (κ3) is 4.20. The smallest absolute Gasteiger partial charge is 0.331 e. The Morgan fingerprint density at radius 2 is 2.04 bits per heavy atom. The molecule has 0 aromatic heterocycles. The maximum atomic E-state index is 12.7. The molecule has 0 aromatic carbocycles. The molecule has 1 fully saturated rings. The summed E-state index contributed by atoms with van der Waals surface area (Å²) in [4.78, 5) is 4.21. The van der Waals surface area contributed by atoms with Crippen molar-refractivity contribution in [3.8, 4) is 0 Å². The normalized spacial score (nSPS) is 23.9. The molecule has 0 saturated carbocycles. The van der Waals surface area contributed by atoms with Gasteiger partial charge in [-0.1, -0.05) is 12.2 Å². The molecule has 0 radical (unpaired) electrons. The number of amidine groups is 1. The molecular formula is C16H20F3N3S. The number of allylic oxidation sites excluding steroid dienone is 2. The van der Waals surface area contributed by atoms with Crippen molar-refractivity contribution in [1.82, 2.24) is 9.80 Å². The minimum Gasteiger partial charge on any atom is -0.331 e. The molecule has 0 amide bonds. The van der Waals surface area contributed by atoms with Gasteiger partial charge in [-0.05, 0) is 50.0 Å². The van der Waals surface area contributed by atoms with Crippen molar-refractivity contribution in [2.45, 2.75) is 19.0 Å². The minimum absolute atomic E-state index is 0.208. The van der Waals surface area contributed by atoms with Gasteiger partial charge in [0, 0.05) is 30.6 Å². The molecule has 3 aliphatic rings. The number of nitrogens with zero attached hydrogens (tertiary/aromatic N) is 3. The van der Waals surface area contributed by atoms with Crippen molar-refractivity contribution in [1.29, 1.82) is 0 Å². The number of hydrogen-bond donors (Lipinski definition) is 0. The van der Waals surface area contributed by atoms with Crippen molar-refractivity contribution in [3.63, 3.8) is 0 Å². The van der Waals surface area contributed by atoms with E-state index in [2.05, 4.69) is 14.2 Å². The summed E-state index contributed by atoms with van der Waals surface area (Å²) in [6.45, 7) is 2.66. The highest BCUT2D eigenvalue weighted by Gasteiger charge is 2.40. The van der Waals surface area contributed by atoms with Crippen molar-refractivity contribution < 1.29 is 13.2 Å². The van der Waals surface area contributed by atoms with Gasteiger partial charge in [-0.15, -0.1) is 0 Å². The van der Waals surface area contributed by atoms with E-state index in [1.807, 2.05) is 30.5 Å². The summed E-state index contributed by atoms with van der Waals surface area (Å²) in [5, 5.41) is 0. The third-order valence-electron chi connectivity index (χ3n) is 4.36. The molecule has 0 N–H and O–H groups in total. The zero-order chi connectivity index (χ0) is 16.3. The Bertz CT molecular complexity index is 543. The van der Waals surface area contributed by atoms with Gasteiger partial charge in [0.1, 0.15) is 5.84 Å². The highest BCUT2D eigenvalue weighted by Crippen LogP contribution is 2.34. The monoisotopic (exact) mass is 343 g/mol. The molecule has 3 rings (SSSR count). The second-order valence-electron chi connectivity index (χ2n) is 5.92. The van der Waals surface area contributed by atoms with Crippen LogP contribution >= 0.6 is 11.9 Å². The fourth-order valence-electron chi connectivity index (χ4n) is 2.99. The standard InChI is InChI=1S/C16H20F3N3S/c17-16(18,19)14-5-9-21(10-6-14)7-1-3-13-4-2-8-22-11-12-23-20-15(13)22/h1-4,8,14H,5-7,9-12H2. The molecule has 0 aromatic rings. The predicted octanol–water partition coefficient (Wildman–Crippen LogP) is 3.63. The maximum absolute atomic E-state index is 12.7. The molecule has 0 aliphatic carbocycles. The summed E-state index contributed by atoms with van der Waals surface area (Å²) in [7, 11) is 0.